The van der Waals surface area contributed by atoms with Crippen molar-refractivity contribution >= 4 is 37.5 Å². The van der Waals surface area contributed by atoms with Crippen molar-refractivity contribution in [2.75, 3.05) is 0 Å². The molecule has 3 aromatic carbocycles. The van der Waals surface area contributed by atoms with Gasteiger partial charge in [0.25, 0.3) is 0 Å². The Bertz CT molecular complexity index is 1100. The van der Waals surface area contributed by atoms with Gasteiger partial charge in [-0.05, 0) is 29.7 Å². The molecule has 1 atom stereocenters. The van der Waals surface area contributed by atoms with E-state index in [0.29, 0.717) is 5.46 Å². The van der Waals surface area contributed by atoms with Crippen LogP contribution in [0.25, 0.3) is 22.2 Å². The average molecular weight is 317 g/mol. The number of nitrogens with zero attached hydrogens (tertiary/aromatic N) is 1. The highest BCUT2D eigenvalue weighted by Gasteiger charge is 2.28. The first-order chi connectivity index (χ1) is 12.2. The molecular weight excluding hydrogens is 304 g/mol. The van der Waals surface area contributed by atoms with Crippen LogP contribution in [0.15, 0.2) is 72.8 Å². The molecule has 0 spiro atoms. The summed E-state index contributed by atoms with van der Waals surface area (Å²) in [5.74, 6) is 0.803. The van der Waals surface area contributed by atoms with Gasteiger partial charge in [-0.15, -0.1) is 0 Å². The maximum Gasteiger partial charge on any atom is 0.203 e. The number of rotatable bonds is 1. The van der Waals surface area contributed by atoms with Crippen molar-refractivity contribution < 1.29 is 4.74 Å². The van der Waals surface area contributed by atoms with Gasteiger partial charge in [0.15, 0.2) is 0 Å². The standard InChI is InChI=1S/C21H13B2NO/c22-15-7-9-18-14(10-15)11-19-17-8-6-16(23)12-20(17)25-21(24(18)19)13-4-2-1-3-5-13/h1-12,21H/t21-/m1/s1. The summed E-state index contributed by atoms with van der Waals surface area (Å²) in [5.41, 5.74) is 5.78. The van der Waals surface area contributed by atoms with E-state index < -0.39 is 0 Å². The van der Waals surface area contributed by atoms with Gasteiger partial charge in [-0.25, -0.2) is 0 Å². The van der Waals surface area contributed by atoms with E-state index in [9.17, 15) is 0 Å². The van der Waals surface area contributed by atoms with Crippen LogP contribution in [0, 0.1) is 0 Å². The lowest BCUT2D eigenvalue weighted by Gasteiger charge is -2.30. The second kappa shape index (κ2) is 5.32. The molecule has 0 unspecified atom stereocenters. The van der Waals surface area contributed by atoms with Crippen LogP contribution < -0.4 is 15.7 Å². The van der Waals surface area contributed by atoms with Crippen molar-refractivity contribution in [3.8, 4) is 17.0 Å². The van der Waals surface area contributed by atoms with Crippen LogP contribution in [0.2, 0.25) is 0 Å². The smallest absolute Gasteiger partial charge is 0.203 e. The van der Waals surface area contributed by atoms with E-state index in [2.05, 4.69) is 28.8 Å². The molecular formula is C21H13B2NO. The summed E-state index contributed by atoms with van der Waals surface area (Å²) in [6.07, 6.45) is -0.244. The van der Waals surface area contributed by atoms with Gasteiger partial charge in [0, 0.05) is 11.1 Å². The first kappa shape index (κ1) is 14.5. The predicted octanol–water partition coefficient (Wildman–Crippen LogP) is 2.84. The van der Waals surface area contributed by atoms with Gasteiger partial charge in [0.05, 0.1) is 11.2 Å². The minimum absolute atomic E-state index is 0.244. The van der Waals surface area contributed by atoms with Crippen LogP contribution in [0.5, 0.6) is 5.75 Å². The van der Waals surface area contributed by atoms with Crippen LogP contribution in [-0.4, -0.2) is 20.3 Å². The minimum atomic E-state index is -0.244. The van der Waals surface area contributed by atoms with E-state index in [1.165, 1.54) is 0 Å². The van der Waals surface area contributed by atoms with Crippen LogP contribution >= 0.6 is 0 Å². The maximum atomic E-state index is 6.37. The molecule has 0 amide bonds. The third-order valence-electron chi connectivity index (χ3n) is 4.70. The zero-order valence-corrected chi connectivity index (χ0v) is 13.5. The summed E-state index contributed by atoms with van der Waals surface area (Å²) in [7, 11) is 12.0. The molecule has 114 valence electrons. The Morgan fingerprint density at radius 1 is 0.800 bits per heavy atom. The normalized spacial score (nSPS) is 15.4. The summed E-state index contributed by atoms with van der Waals surface area (Å²) in [6.45, 7) is 0. The Hall–Kier alpha value is -2.87. The monoisotopic (exact) mass is 317 g/mol. The summed E-state index contributed by atoms with van der Waals surface area (Å²) < 4.78 is 8.60. The molecule has 4 heteroatoms. The molecule has 0 N–H and O–H groups in total. The highest BCUT2D eigenvalue weighted by Crippen LogP contribution is 2.43. The second-order valence-corrected chi connectivity index (χ2v) is 6.35. The van der Waals surface area contributed by atoms with Crippen LogP contribution in [0.1, 0.15) is 11.8 Å². The van der Waals surface area contributed by atoms with Gasteiger partial charge in [-0.3, -0.25) is 0 Å². The van der Waals surface area contributed by atoms with Crippen LogP contribution in [0.3, 0.4) is 0 Å². The Morgan fingerprint density at radius 2 is 1.56 bits per heavy atom. The summed E-state index contributed by atoms with van der Waals surface area (Å²) >= 11 is 0. The molecule has 5 rings (SSSR count). The second-order valence-electron chi connectivity index (χ2n) is 6.35. The SMILES string of the molecule is [B]c1ccc2c(c1)O[C@H](c1ccccc1)n1c-2cc2cc([B])ccc21. The maximum absolute atomic E-state index is 6.37. The molecule has 0 aliphatic carbocycles. The van der Waals surface area contributed by atoms with Gasteiger partial charge in [0.2, 0.25) is 6.23 Å². The molecule has 0 bridgehead atoms. The fourth-order valence-corrected chi connectivity index (χ4v) is 3.57. The molecule has 4 radical (unpaired) electrons. The van der Waals surface area contributed by atoms with Crippen molar-refractivity contribution in [3.05, 3.63) is 78.4 Å². The lowest BCUT2D eigenvalue weighted by Crippen LogP contribution is -2.23. The quantitative estimate of drug-likeness (QED) is 0.493. The third-order valence-corrected chi connectivity index (χ3v) is 4.70. The van der Waals surface area contributed by atoms with Crippen molar-refractivity contribution in [3.63, 3.8) is 0 Å². The van der Waals surface area contributed by atoms with E-state index in [4.69, 9.17) is 20.4 Å². The number of benzene rings is 3. The number of hydrogen-bond donors (Lipinski definition) is 0. The number of ether oxygens (including phenoxy) is 1. The fourth-order valence-electron chi connectivity index (χ4n) is 3.57. The number of hydrogen-bond acceptors (Lipinski definition) is 1. The van der Waals surface area contributed by atoms with Gasteiger partial charge in [-0.2, -0.15) is 0 Å². The van der Waals surface area contributed by atoms with Crippen LogP contribution in [-0.2, 0) is 0 Å². The van der Waals surface area contributed by atoms with Gasteiger partial charge in [-0.1, -0.05) is 59.5 Å². The van der Waals surface area contributed by atoms with Crippen molar-refractivity contribution in [1.29, 1.82) is 0 Å². The summed E-state index contributed by atoms with van der Waals surface area (Å²) in [6, 6.07) is 24.2. The van der Waals surface area contributed by atoms with E-state index >= 15 is 0 Å². The predicted molar refractivity (Wildman–Crippen MR) is 103 cm³/mol. The third kappa shape index (κ3) is 2.21. The molecule has 2 heterocycles. The van der Waals surface area contributed by atoms with E-state index in [0.717, 1.165) is 38.9 Å². The zero-order chi connectivity index (χ0) is 17.0. The molecule has 25 heavy (non-hydrogen) atoms. The van der Waals surface area contributed by atoms with Crippen molar-refractivity contribution in [2.45, 2.75) is 6.23 Å². The molecule has 1 aromatic heterocycles. The van der Waals surface area contributed by atoms with Crippen molar-refractivity contribution in [1.82, 2.24) is 4.57 Å². The van der Waals surface area contributed by atoms with E-state index in [1.54, 1.807) is 0 Å². The highest BCUT2D eigenvalue weighted by molar-refractivity contribution is 6.33. The van der Waals surface area contributed by atoms with E-state index in [-0.39, 0.29) is 6.23 Å². The highest BCUT2D eigenvalue weighted by atomic mass is 16.5. The molecule has 1 aliphatic rings. The minimum Gasteiger partial charge on any atom is -0.465 e. The van der Waals surface area contributed by atoms with Gasteiger partial charge in [0.1, 0.15) is 21.4 Å². The van der Waals surface area contributed by atoms with Crippen molar-refractivity contribution in [2.24, 2.45) is 0 Å². The first-order valence-corrected chi connectivity index (χ1v) is 8.23. The summed E-state index contributed by atoms with van der Waals surface area (Å²) in [5, 5.41) is 1.10. The molecule has 2 nitrogen and oxygen atoms in total. The Morgan fingerprint density at radius 3 is 2.40 bits per heavy atom. The largest absolute Gasteiger partial charge is 0.465 e. The average Bonchev–Trinajstić information content (AvgIpc) is 3.00. The topological polar surface area (TPSA) is 14.2 Å². The van der Waals surface area contributed by atoms with Crippen LogP contribution in [0.4, 0.5) is 0 Å². The molecule has 0 fully saturated rings. The first-order valence-electron chi connectivity index (χ1n) is 8.23. The zero-order valence-electron chi connectivity index (χ0n) is 13.5. The Kier molecular flexibility index (Phi) is 3.08. The lowest BCUT2D eigenvalue weighted by molar-refractivity contribution is 0.173. The fraction of sp³-hybridized carbons (Fsp3) is 0.0476. The molecule has 0 saturated carbocycles. The van der Waals surface area contributed by atoms with Gasteiger partial charge < -0.3 is 9.30 Å². The Balaban J connectivity index is 1.84. The van der Waals surface area contributed by atoms with E-state index in [1.807, 2.05) is 48.5 Å². The molecule has 0 saturated heterocycles. The summed E-state index contributed by atoms with van der Waals surface area (Å²) in [4.78, 5) is 0. The molecule has 1 aliphatic heterocycles. The molecule has 4 aromatic rings. The number of aromatic nitrogens is 1. The number of fused-ring (bicyclic) bond motifs is 5. The van der Waals surface area contributed by atoms with Gasteiger partial charge >= 0.3 is 0 Å². The Labute approximate surface area is 148 Å². The lowest BCUT2D eigenvalue weighted by atomic mass is 9.93.